The molecule has 0 saturated carbocycles. The molecule has 15 heavy (non-hydrogen) atoms. The largest absolute Gasteiger partial charge is 0.477 e. The monoisotopic (exact) mass is 219 g/mol. The predicted octanol–water partition coefficient (Wildman–Crippen LogP) is 2.36. The zero-order chi connectivity index (χ0) is 11.0. The number of aryl methyl sites for hydroxylation is 2. The number of allylic oxidation sites excluding steroid dienone is 1. The molecule has 1 aromatic heterocycles. The Kier molecular flexibility index (Phi) is 2.33. The quantitative estimate of drug-likeness (QED) is 0.582. The van der Waals surface area contributed by atoms with Crippen LogP contribution in [-0.2, 0) is 11.2 Å². The van der Waals surface area contributed by atoms with Crippen LogP contribution >= 0.6 is 11.3 Å². The lowest BCUT2D eigenvalue weighted by Gasteiger charge is -1.97. The molecule has 0 aromatic carbocycles. The third-order valence-corrected chi connectivity index (χ3v) is 3.63. The summed E-state index contributed by atoms with van der Waals surface area (Å²) in [5, 5.41) is 17.7. The Hall–Kier alpha value is -1.60. The summed E-state index contributed by atoms with van der Waals surface area (Å²) in [5.74, 6) is -1.12. The number of thiophene rings is 1. The summed E-state index contributed by atoms with van der Waals surface area (Å²) in [6, 6.07) is 3.85. The minimum Gasteiger partial charge on any atom is -0.477 e. The number of carboxylic acids is 1. The lowest BCUT2D eigenvalue weighted by atomic mass is 10.1. The minimum atomic E-state index is -1.12. The second kappa shape index (κ2) is 3.52. The van der Waals surface area contributed by atoms with Crippen molar-refractivity contribution < 1.29 is 9.90 Å². The van der Waals surface area contributed by atoms with Crippen molar-refractivity contribution in [2.75, 3.05) is 0 Å². The zero-order valence-electron chi connectivity index (χ0n) is 8.20. The van der Waals surface area contributed by atoms with E-state index >= 15 is 0 Å². The molecule has 1 aromatic rings. The molecule has 0 atom stereocenters. The van der Waals surface area contributed by atoms with Gasteiger partial charge in [-0.15, -0.1) is 11.3 Å². The molecule has 0 spiro atoms. The summed E-state index contributed by atoms with van der Waals surface area (Å²) >= 11 is 1.57. The number of hydrogen-bond acceptors (Lipinski definition) is 3. The number of carbonyl (C=O) groups is 1. The van der Waals surface area contributed by atoms with Crippen LogP contribution in [0.4, 0.5) is 0 Å². The Labute approximate surface area is 91.3 Å². The van der Waals surface area contributed by atoms with Crippen LogP contribution in [0.1, 0.15) is 21.7 Å². The van der Waals surface area contributed by atoms with Gasteiger partial charge in [0.15, 0.2) is 0 Å². The number of nitrogens with zero attached hydrogens (tertiary/aromatic N) is 1. The maximum atomic E-state index is 10.9. The van der Waals surface area contributed by atoms with E-state index in [0.29, 0.717) is 12.0 Å². The number of hydrogen-bond donors (Lipinski definition) is 1. The van der Waals surface area contributed by atoms with Crippen LogP contribution in [0.25, 0.3) is 5.57 Å². The Morgan fingerprint density at radius 3 is 2.93 bits per heavy atom. The average molecular weight is 219 g/mol. The molecule has 1 aliphatic rings. The van der Waals surface area contributed by atoms with Gasteiger partial charge in [-0.1, -0.05) is 0 Å². The lowest BCUT2D eigenvalue weighted by Crippen LogP contribution is -2.00. The van der Waals surface area contributed by atoms with Gasteiger partial charge in [0.2, 0.25) is 0 Å². The molecule has 1 heterocycles. The number of nitriles is 1. The standard InChI is InChI=1S/C11H9NO2S/c1-6-4-7-2-3-8(10(7)15-6)9(5-12)11(13)14/h4H,2-3H2,1H3,(H,13,14). The van der Waals surface area contributed by atoms with Gasteiger partial charge in [-0.3, -0.25) is 0 Å². The van der Waals surface area contributed by atoms with E-state index in [-0.39, 0.29) is 5.57 Å². The lowest BCUT2D eigenvalue weighted by molar-refractivity contribution is -0.132. The molecule has 76 valence electrons. The van der Waals surface area contributed by atoms with Crippen LogP contribution in [0.15, 0.2) is 11.6 Å². The normalized spacial score (nSPS) is 17.1. The van der Waals surface area contributed by atoms with Gasteiger partial charge in [-0.2, -0.15) is 5.26 Å². The average Bonchev–Trinajstić information content (AvgIpc) is 2.67. The topological polar surface area (TPSA) is 61.1 Å². The predicted molar refractivity (Wildman–Crippen MR) is 57.5 cm³/mol. The fourth-order valence-corrected chi connectivity index (χ4v) is 3.01. The smallest absolute Gasteiger partial charge is 0.346 e. The minimum absolute atomic E-state index is 0.101. The molecule has 2 rings (SSSR count). The van der Waals surface area contributed by atoms with Crippen LogP contribution in [0.3, 0.4) is 0 Å². The second-order valence-corrected chi connectivity index (χ2v) is 4.74. The highest BCUT2D eigenvalue weighted by Gasteiger charge is 2.25. The van der Waals surface area contributed by atoms with Crippen molar-refractivity contribution >= 4 is 22.9 Å². The highest BCUT2D eigenvalue weighted by molar-refractivity contribution is 7.13. The van der Waals surface area contributed by atoms with Crippen molar-refractivity contribution in [3.63, 3.8) is 0 Å². The van der Waals surface area contributed by atoms with E-state index < -0.39 is 5.97 Å². The van der Waals surface area contributed by atoms with Crippen molar-refractivity contribution in [2.24, 2.45) is 0 Å². The summed E-state index contributed by atoms with van der Waals surface area (Å²) in [5.41, 5.74) is 1.79. The maximum absolute atomic E-state index is 10.9. The van der Waals surface area contributed by atoms with E-state index in [2.05, 4.69) is 6.07 Å². The molecule has 3 nitrogen and oxygen atoms in total. The van der Waals surface area contributed by atoms with Gasteiger partial charge >= 0.3 is 5.97 Å². The maximum Gasteiger partial charge on any atom is 0.346 e. The molecule has 0 aliphatic heterocycles. The summed E-state index contributed by atoms with van der Waals surface area (Å²) in [7, 11) is 0. The van der Waals surface area contributed by atoms with Crippen LogP contribution in [-0.4, -0.2) is 11.1 Å². The van der Waals surface area contributed by atoms with Crippen molar-refractivity contribution in [1.82, 2.24) is 0 Å². The van der Waals surface area contributed by atoms with Crippen LogP contribution < -0.4 is 0 Å². The first-order chi connectivity index (χ1) is 7.13. The molecule has 0 fully saturated rings. The Bertz CT molecular complexity index is 505. The molecule has 0 radical (unpaired) electrons. The molecular formula is C11H9NO2S. The Morgan fingerprint density at radius 1 is 1.60 bits per heavy atom. The summed E-state index contributed by atoms with van der Waals surface area (Å²) in [6.07, 6.45) is 1.53. The molecule has 0 bridgehead atoms. The Morgan fingerprint density at radius 2 is 2.33 bits per heavy atom. The van der Waals surface area contributed by atoms with Crippen LogP contribution in [0, 0.1) is 18.3 Å². The van der Waals surface area contributed by atoms with Gasteiger partial charge in [0.05, 0.1) is 0 Å². The molecule has 0 saturated heterocycles. The molecule has 1 N–H and O–H groups in total. The van der Waals surface area contributed by atoms with E-state index in [0.717, 1.165) is 11.3 Å². The van der Waals surface area contributed by atoms with Crippen molar-refractivity contribution in [1.29, 1.82) is 5.26 Å². The summed E-state index contributed by atoms with van der Waals surface area (Å²) < 4.78 is 0. The fourth-order valence-electron chi connectivity index (χ4n) is 1.86. The molecule has 1 aliphatic carbocycles. The summed E-state index contributed by atoms with van der Waals surface area (Å²) in [4.78, 5) is 13.0. The third kappa shape index (κ3) is 1.55. The number of rotatable bonds is 1. The van der Waals surface area contributed by atoms with E-state index in [9.17, 15) is 4.79 Å². The van der Waals surface area contributed by atoms with E-state index in [4.69, 9.17) is 10.4 Å². The van der Waals surface area contributed by atoms with Gasteiger partial charge in [0, 0.05) is 9.75 Å². The fraction of sp³-hybridized carbons (Fsp3) is 0.273. The van der Waals surface area contributed by atoms with Crippen molar-refractivity contribution in [3.05, 3.63) is 27.0 Å². The number of aliphatic carboxylic acids is 1. The van der Waals surface area contributed by atoms with Crippen LogP contribution in [0.2, 0.25) is 0 Å². The van der Waals surface area contributed by atoms with Gasteiger partial charge in [0.25, 0.3) is 0 Å². The van der Waals surface area contributed by atoms with Crippen molar-refractivity contribution in [3.8, 4) is 6.07 Å². The third-order valence-electron chi connectivity index (χ3n) is 2.48. The van der Waals surface area contributed by atoms with Gasteiger partial charge in [0.1, 0.15) is 11.6 Å². The van der Waals surface area contributed by atoms with E-state index in [1.807, 2.05) is 6.92 Å². The Balaban J connectivity index is 2.59. The SMILES string of the molecule is Cc1cc2c(s1)C(=C(C#N)C(=O)O)CC2. The van der Waals surface area contributed by atoms with E-state index in [1.54, 1.807) is 17.4 Å². The second-order valence-electron chi connectivity index (χ2n) is 3.48. The molecular weight excluding hydrogens is 210 g/mol. The van der Waals surface area contributed by atoms with Crippen molar-refractivity contribution in [2.45, 2.75) is 19.8 Å². The highest BCUT2D eigenvalue weighted by Crippen LogP contribution is 2.40. The zero-order valence-corrected chi connectivity index (χ0v) is 9.02. The first kappa shape index (κ1) is 9.94. The number of carboxylic acid groups (broad SMARTS) is 1. The molecule has 0 unspecified atom stereocenters. The first-order valence-electron chi connectivity index (χ1n) is 4.59. The molecule has 4 heteroatoms. The van der Waals surface area contributed by atoms with Gasteiger partial charge < -0.3 is 5.11 Å². The molecule has 0 amide bonds. The van der Waals surface area contributed by atoms with E-state index in [1.165, 1.54) is 10.4 Å². The summed E-state index contributed by atoms with van der Waals surface area (Å²) in [6.45, 7) is 1.99. The van der Waals surface area contributed by atoms with Gasteiger partial charge in [-0.25, -0.2) is 4.79 Å². The first-order valence-corrected chi connectivity index (χ1v) is 5.41. The van der Waals surface area contributed by atoms with Crippen LogP contribution in [0.5, 0.6) is 0 Å². The number of fused-ring (bicyclic) bond motifs is 1. The highest BCUT2D eigenvalue weighted by atomic mass is 32.1. The van der Waals surface area contributed by atoms with Gasteiger partial charge in [-0.05, 0) is 37.0 Å².